The van der Waals surface area contributed by atoms with Crippen molar-refractivity contribution in [1.82, 2.24) is 0 Å². The van der Waals surface area contributed by atoms with Crippen LogP contribution in [0.15, 0.2) is 61.2 Å². The topological polar surface area (TPSA) is 67.4 Å². The molecule has 0 unspecified atom stereocenters. The van der Waals surface area contributed by atoms with E-state index in [1.165, 1.54) is 6.42 Å². The van der Waals surface area contributed by atoms with Crippen LogP contribution in [0.3, 0.4) is 0 Å². The van der Waals surface area contributed by atoms with Crippen LogP contribution >= 0.6 is 0 Å². The van der Waals surface area contributed by atoms with E-state index >= 15 is 0 Å². The lowest BCUT2D eigenvalue weighted by atomic mass is 9.88. The summed E-state index contributed by atoms with van der Waals surface area (Å²) in [6.45, 7) is 4.02. The van der Waals surface area contributed by atoms with Crippen LogP contribution in [0, 0.1) is 5.92 Å². The Morgan fingerprint density at radius 2 is 1.71 bits per heavy atom. The molecular formula is C23H26N2O3. The molecule has 1 aliphatic carbocycles. The van der Waals surface area contributed by atoms with Crippen LogP contribution in [0.1, 0.15) is 42.5 Å². The first-order valence-corrected chi connectivity index (χ1v) is 9.72. The molecule has 2 N–H and O–H groups in total. The van der Waals surface area contributed by atoms with Crippen LogP contribution in [0.5, 0.6) is 5.75 Å². The van der Waals surface area contributed by atoms with E-state index in [-0.39, 0.29) is 17.7 Å². The average molecular weight is 378 g/mol. The third-order valence-corrected chi connectivity index (χ3v) is 4.83. The number of amides is 2. The Balaban J connectivity index is 1.63. The molecule has 2 aromatic carbocycles. The molecule has 3 rings (SSSR count). The van der Waals surface area contributed by atoms with E-state index in [1.54, 1.807) is 42.5 Å². The Morgan fingerprint density at radius 3 is 2.46 bits per heavy atom. The fourth-order valence-electron chi connectivity index (χ4n) is 3.37. The van der Waals surface area contributed by atoms with Crippen molar-refractivity contribution in [1.29, 1.82) is 0 Å². The number of carbonyl (C=O) groups excluding carboxylic acids is 2. The van der Waals surface area contributed by atoms with Gasteiger partial charge in [-0.1, -0.05) is 44.1 Å². The normalized spacial score (nSPS) is 14.1. The molecule has 2 aromatic rings. The zero-order valence-corrected chi connectivity index (χ0v) is 15.9. The third kappa shape index (κ3) is 5.46. The summed E-state index contributed by atoms with van der Waals surface area (Å²) in [5.74, 6) is 0.537. The van der Waals surface area contributed by atoms with Crippen molar-refractivity contribution in [2.45, 2.75) is 32.1 Å². The van der Waals surface area contributed by atoms with Crippen molar-refractivity contribution in [2.24, 2.45) is 5.92 Å². The van der Waals surface area contributed by atoms with Crippen LogP contribution in [0.2, 0.25) is 0 Å². The average Bonchev–Trinajstić information content (AvgIpc) is 2.73. The van der Waals surface area contributed by atoms with Gasteiger partial charge in [0, 0.05) is 28.9 Å². The van der Waals surface area contributed by atoms with Crippen molar-refractivity contribution in [3.05, 3.63) is 66.7 Å². The minimum atomic E-state index is -0.241. The molecule has 0 saturated heterocycles. The lowest BCUT2D eigenvalue weighted by molar-refractivity contribution is -0.120. The van der Waals surface area contributed by atoms with Gasteiger partial charge in [-0.2, -0.15) is 0 Å². The number of nitrogens with one attached hydrogen (secondary N) is 2. The third-order valence-electron chi connectivity index (χ3n) is 4.83. The van der Waals surface area contributed by atoms with E-state index in [2.05, 4.69) is 17.2 Å². The summed E-state index contributed by atoms with van der Waals surface area (Å²) in [7, 11) is 0. The summed E-state index contributed by atoms with van der Waals surface area (Å²) in [5, 5.41) is 5.82. The highest BCUT2D eigenvalue weighted by Gasteiger charge is 2.21. The van der Waals surface area contributed by atoms with E-state index in [1.807, 2.05) is 12.1 Å². The number of hydrogen-bond donors (Lipinski definition) is 2. The van der Waals surface area contributed by atoms with Gasteiger partial charge in [0.25, 0.3) is 5.91 Å². The molecule has 0 aromatic heterocycles. The maximum atomic E-state index is 12.6. The van der Waals surface area contributed by atoms with Gasteiger partial charge in [0.05, 0.1) is 0 Å². The van der Waals surface area contributed by atoms with Gasteiger partial charge in [0.1, 0.15) is 12.4 Å². The van der Waals surface area contributed by atoms with Crippen LogP contribution in [-0.2, 0) is 4.79 Å². The lowest BCUT2D eigenvalue weighted by Gasteiger charge is -2.20. The predicted octanol–water partition coefficient (Wildman–Crippen LogP) is 5.02. The highest BCUT2D eigenvalue weighted by atomic mass is 16.5. The molecule has 28 heavy (non-hydrogen) atoms. The summed E-state index contributed by atoms with van der Waals surface area (Å²) in [6.07, 6.45) is 6.97. The first-order chi connectivity index (χ1) is 13.7. The van der Waals surface area contributed by atoms with E-state index < -0.39 is 0 Å². The molecule has 0 radical (unpaired) electrons. The van der Waals surface area contributed by atoms with Crippen LogP contribution in [0.4, 0.5) is 11.4 Å². The van der Waals surface area contributed by atoms with Crippen molar-refractivity contribution in [2.75, 3.05) is 17.2 Å². The molecule has 1 aliphatic rings. The largest absolute Gasteiger partial charge is 0.489 e. The number of anilines is 2. The van der Waals surface area contributed by atoms with Crippen molar-refractivity contribution in [3.8, 4) is 5.75 Å². The smallest absolute Gasteiger partial charge is 0.255 e. The van der Waals surface area contributed by atoms with Gasteiger partial charge in [0.15, 0.2) is 0 Å². The lowest BCUT2D eigenvalue weighted by Crippen LogP contribution is -2.24. The first kappa shape index (κ1) is 19.7. The monoisotopic (exact) mass is 378 g/mol. The Hall–Kier alpha value is -3.08. The summed E-state index contributed by atoms with van der Waals surface area (Å²) < 4.78 is 5.49. The SMILES string of the molecule is C=CCOc1cccc(NC(=O)c2cccc(NC(=O)C3CCCCC3)c2)c1. The van der Waals surface area contributed by atoms with Gasteiger partial charge < -0.3 is 15.4 Å². The summed E-state index contributed by atoms with van der Waals surface area (Å²) in [5.41, 5.74) is 1.77. The zero-order chi connectivity index (χ0) is 19.8. The number of ether oxygens (including phenoxy) is 1. The fourth-order valence-corrected chi connectivity index (χ4v) is 3.37. The second-order valence-electron chi connectivity index (χ2n) is 6.99. The van der Waals surface area contributed by atoms with E-state index in [0.717, 1.165) is 25.7 Å². The minimum absolute atomic E-state index is 0.0457. The molecule has 1 saturated carbocycles. The molecule has 5 nitrogen and oxygen atoms in total. The van der Waals surface area contributed by atoms with Gasteiger partial charge in [0.2, 0.25) is 5.91 Å². The summed E-state index contributed by atoms with van der Waals surface area (Å²) in [4.78, 5) is 25.0. The molecule has 0 heterocycles. The molecule has 5 heteroatoms. The standard InChI is InChI=1S/C23H26N2O3/c1-2-14-28-21-13-7-12-20(16-21)25-23(27)18-10-6-11-19(15-18)24-22(26)17-8-4-3-5-9-17/h2,6-7,10-13,15-17H,1,3-5,8-9,14H2,(H,24,26)(H,25,27). The Labute approximate surface area is 165 Å². The zero-order valence-electron chi connectivity index (χ0n) is 15.9. The minimum Gasteiger partial charge on any atom is -0.489 e. The molecule has 1 fully saturated rings. The quantitative estimate of drug-likeness (QED) is 0.665. The molecule has 0 atom stereocenters. The number of hydrogen-bond acceptors (Lipinski definition) is 3. The Kier molecular flexibility index (Phi) is 6.84. The van der Waals surface area contributed by atoms with Crippen molar-refractivity contribution >= 4 is 23.2 Å². The second-order valence-corrected chi connectivity index (χ2v) is 6.99. The van der Waals surface area contributed by atoms with Crippen molar-refractivity contribution < 1.29 is 14.3 Å². The van der Waals surface area contributed by atoms with E-state index in [4.69, 9.17) is 4.74 Å². The Bertz CT molecular complexity index is 841. The molecule has 0 spiro atoms. The van der Waals surface area contributed by atoms with Gasteiger partial charge in [-0.3, -0.25) is 9.59 Å². The van der Waals surface area contributed by atoms with Crippen LogP contribution in [-0.4, -0.2) is 18.4 Å². The molecule has 2 amide bonds. The molecular weight excluding hydrogens is 352 g/mol. The van der Waals surface area contributed by atoms with Gasteiger partial charge in [-0.05, 0) is 43.2 Å². The molecule has 146 valence electrons. The van der Waals surface area contributed by atoms with Crippen LogP contribution in [0.25, 0.3) is 0 Å². The van der Waals surface area contributed by atoms with Crippen LogP contribution < -0.4 is 15.4 Å². The van der Waals surface area contributed by atoms with E-state index in [9.17, 15) is 9.59 Å². The summed E-state index contributed by atoms with van der Waals surface area (Å²) >= 11 is 0. The van der Waals surface area contributed by atoms with E-state index in [0.29, 0.717) is 29.3 Å². The van der Waals surface area contributed by atoms with Gasteiger partial charge >= 0.3 is 0 Å². The second kappa shape index (κ2) is 9.74. The van der Waals surface area contributed by atoms with Gasteiger partial charge in [-0.25, -0.2) is 0 Å². The number of benzene rings is 2. The predicted molar refractivity (Wildman–Crippen MR) is 112 cm³/mol. The maximum Gasteiger partial charge on any atom is 0.255 e. The van der Waals surface area contributed by atoms with Gasteiger partial charge in [-0.15, -0.1) is 0 Å². The highest BCUT2D eigenvalue weighted by Crippen LogP contribution is 2.25. The first-order valence-electron chi connectivity index (χ1n) is 9.72. The van der Waals surface area contributed by atoms with Crippen molar-refractivity contribution in [3.63, 3.8) is 0 Å². The Morgan fingerprint density at radius 1 is 1.00 bits per heavy atom. The molecule has 0 aliphatic heterocycles. The highest BCUT2D eigenvalue weighted by molar-refractivity contribution is 6.05. The maximum absolute atomic E-state index is 12.6. The summed E-state index contributed by atoms with van der Waals surface area (Å²) in [6, 6.07) is 14.2. The molecule has 0 bridgehead atoms. The number of rotatable bonds is 7. The fraction of sp³-hybridized carbons (Fsp3) is 0.304. The number of carbonyl (C=O) groups is 2.